The van der Waals surface area contributed by atoms with E-state index in [2.05, 4.69) is 5.32 Å². The van der Waals surface area contributed by atoms with E-state index in [-0.39, 0.29) is 27.9 Å². The summed E-state index contributed by atoms with van der Waals surface area (Å²) in [6.45, 7) is 0. The van der Waals surface area contributed by atoms with Crippen molar-refractivity contribution in [2.24, 2.45) is 0 Å². The summed E-state index contributed by atoms with van der Waals surface area (Å²) in [6, 6.07) is 8.01. The molecule has 2 aromatic carbocycles. The zero-order valence-electron chi connectivity index (χ0n) is 14.9. The van der Waals surface area contributed by atoms with Gasteiger partial charge in [0.25, 0.3) is 11.8 Å². The minimum Gasteiger partial charge on any atom is -0.502 e. The number of thiocarbonyl (C=S) groups is 1. The van der Waals surface area contributed by atoms with Crippen LogP contribution in [0.3, 0.4) is 0 Å². The van der Waals surface area contributed by atoms with Crippen molar-refractivity contribution >= 4 is 40.9 Å². The molecule has 28 heavy (non-hydrogen) atoms. The third-order valence-corrected chi connectivity index (χ3v) is 4.28. The number of aromatic hydroxyl groups is 1. The number of rotatable bonds is 4. The number of phenolic OH excluding ortho intramolecular Hbond substituents is 1. The van der Waals surface area contributed by atoms with Crippen molar-refractivity contribution < 1.29 is 28.6 Å². The third-order valence-electron chi connectivity index (χ3n) is 4.00. The molecule has 0 unspecified atom stereocenters. The molecule has 1 aliphatic rings. The Morgan fingerprint density at radius 3 is 2.21 bits per heavy atom. The van der Waals surface area contributed by atoms with Crippen molar-refractivity contribution in [3.8, 4) is 17.2 Å². The van der Waals surface area contributed by atoms with Gasteiger partial charge in [-0.25, -0.2) is 4.39 Å². The van der Waals surface area contributed by atoms with Gasteiger partial charge in [0.05, 0.1) is 19.9 Å². The van der Waals surface area contributed by atoms with Crippen LogP contribution in [0.1, 0.15) is 5.56 Å². The van der Waals surface area contributed by atoms with Gasteiger partial charge in [-0.05, 0) is 60.3 Å². The normalized spacial score (nSPS) is 15.6. The Hall–Kier alpha value is -3.46. The Morgan fingerprint density at radius 2 is 1.68 bits per heavy atom. The van der Waals surface area contributed by atoms with Gasteiger partial charge in [0.15, 0.2) is 16.6 Å². The predicted octanol–water partition coefficient (Wildman–Crippen LogP) is 2.38. The van der Waals surface area contributed by atoms with Crippen molar-refractivity contribution in [3.05, 3.63) is 53.4 Å². The van der Waals surface area contributed by atoms with Crippen molar-refractivity contribution in [1.82, 2.24) is 5.32 Å². The molecule has 7 nitrogen and oxygen atoms in total. The lowest BCUT2D eigenvalue weighted by Crippen LogP contribution is -2.54. The number of ether oxygens (including phenoxy) is 2. The molecule has 3 rings (SSSR count). The van der Waals surface area contributed by atoms with Gasteiger partial charge in [-0.2, -0.15) is 0 Å². The lowest BCUT2D eigenvalue weighted by Gasteiger charge is -2.28. The highest BCUT2D eigenvalue weighted by atomic mass is 32.1. The van der Waals surface area contributed by atoms with Crippen LogP contribution in [0.25, 0.3) is 6.08 Å². The van der Waals surface area contributed by atoms with Crippen LogP contribution in [-0.4, -0.2) is 36.3 Å². The number of carbonyl (C=O) groups is 2. The fraction of sp³-hybridized carbons (Fsp3) is 0.105. The molecule has 0 bridgehead atoms. The van der Waals surface area contributed by atoms with E-state index in [0.717, 1.165) is 4.90 Å². The van der Waals surface area contributed by atoms with Crippen molar-refractivity contribution in [1.29, 1.82) is 0 Å². The Labute approximate surface area is 165 Å². The Balaban J connectivity index is 2.05. The highest BCUT2D eigenvalue weighted by molar-refractivity contribution is 7.80. The molecule has 0 aliphatic carbocycles. The number of hydrogen-bond acceptors (Lipinski definition) is 6. The topological polar surface area (TPSA) is 88.1 Å². The SMILES string of the molecule is COc1cc(C=C2C(=O)NC(=S)N(c3ccc(F)cc3)C2=O)cc(OC)c1O. The van der Waals surface area contributed by atoms with E-state index >= 15 is 0 Å². The average molecular weight is 402 g/mol. The number of carbonyl (C=O) groups excluding carboxylic acids is 2. The van der Waals surface area contributed by atoms with Crippen LogP contribution in [0.2, 0.25) is 0 Å². The molecule has 0 aromatic heterocycles. The second kappa shape index (κ2) is 7.65. The molecule has 0 spiro atoms. The van der Waals surface area contributed by atoms with Gasteiger partial charge in [0.1, 0.15) is 11.4 Å². The Morgan fingerprint density at radius 1 is 1.11 bits per heavy atom. The monoisotopic (exact) mass is 402 g/mol. The zero-order chi connectivity index (χ0) is 20.4. The minimum atomic E-state index is -0.681. The molecule has 2 N–H and O–H groups in total. The van der Waals surface area contributed by atoms with E-state index in [1.165, 1.54) is 56.7 Å². The lowest BCUT2D eigenvalue weighted by atomic mass is 10.1. The second-order valence-electron chi connectivity index (χ2n) is 5.71. The summed E-state index contributed by atoms with van der Waals surface area (Å²) in [6.07, 6.45) is 1.32. The first-order valence-electron chi connectivity index (χ1n) is 7.97. The van der Waals surface area contributed by atoms with Crippen LogP contribution in [0, 0.1) is 5.82 Å². The highest BCUT2D eigenvalue weighted by Gasteiger charge is 2.34. The maximum Gasteiger partial charge on any atom is 0.270 e. The number of hydrogen-bond donors (Lipinski definition) is 2. The lowest BCUT2D eigenvalue weighted by molar-refractivity contribution is -0.122. The second-order valence-corrected chi connectivity index (χ2v) is 6.09. The fourth-order valence-electron chi connectivity index (χ4n) is 2.65. The summed E-state index contributed by atoms with van der Waals surface area (Å²) in [5.74, 6) is -1.81. The molecule has 0 saturated carbocycles. The molecule has 2 amide bonds. The van der Waals surface area contributed by atoms with Gasteiger partial charge in [0.2, 0.25) is 5.75 Å². The number of benzene rings is 2. The molecule has 1 saturated heterocycles. The van der Waals surface area contributed by atoms with Crippen LogP contribution in [0.5, 0.6) is 17.2 Å². The number of phenols is 1. The summed E-state index contributed by atoms with van der Waals surface area (Å²) < 4.78 is 23.3. The van der Waals surface area contributed by atoms with Crippen LogP contribution >= 0.6 is 12.2 Å². The summed E-state index contributed by atoms with van der Waals surface area (Å²) in [5, 5.41) is 12.3. The van der Waals surface area contributed by atoms with Crippen LogP contribution < -0.4 is 19.7 Å². The smallest absolute Gasteiger partial charge is 0.270 e. The van der Waals surface area contributed by atoms with E-state index in [4.69, 9.17) is 21.7 Å². The molecule has 2 aromatic rings. The molecule has 1 heterocycles. The number of nitrogens with one attached hydrogen (secondary N) is 1. The van der Waals surface area contributed by atoms with Crippen LogP contribution in [-0.2, 0) is 9.59 Å². The van der Waals surface area contributed by atoms with E-state index in [1.54, 1.807) is 0 Å². The van der Waals surface area contributed by atoms with Gasteiger partial charge in [-0.3, -0.25) is 19.8 Å². The molecule has 0 atom stereocenters. The number of anilines is 1. The average Bonchev–Trinajstić information content (AvgIpc) is 2.67. The molecule has 9 heteroatoms. The van der Waals surface area contributed by atoms with Crippen molar-refractivity contribution in [2.45, 2.75) is 0 Å². The van der Waals surface area contributed by atoms with Gasteiger partial charge < -0.3 is 14.6 Å². The van der Waals surface area contributed by atoms with Crippen LogP contribution in [0.15, 0.2) is 42.0 Å². The van der Waals surface area contributed by atoms with Crippen molar-refractivity contribution in [3.63, 3.8) is 0 Å². The molecule has 144 valence electrons. The van der Waals surface area contributed by atoms with Crippen LogP contribution in [0.4, 0.5) is 10.1 Å². The van der Waals surface area contributed by atoms with Gasteiger partial charge in [-0.15, -0.1) is 0 Å². The van der Waals surface area contributed by atoms with E-state index in [9.17, 15) is 19.1 Å². The van der Waals surface area contributed by atoms with Gasteiger partial charge in [-0.1, -0.05) is 0 Å². The summed E-state index contributed by atoms with van der Waals surface area (Å²) in [7, 11) is 2.72. The predicted molar refractivity (Wildman–Crippen MR) is 104 cm³/mol. The standard InChI is InChI=1S/C19H15FN2O5S/c1-26-14-8-10(9-15(27-2)16(14)23)7-13-17(24)21-19(28)22(18(13)25)12-5-3-11(20)4-6-12/h3-9,23H,1-2H3,(H,21,24,28). The Bertz CT molecular complexity index is 979. The number of amides is 2. The number of halogens is 1. The van der Waals surface area contributed by atoms with Crippen molar-refractivity contribution in [2.75, 3.05) is 19.1 Å². The van der Waals surface area contributed by atoms with E-state index in [0.29, 0.717) is 11.3 Å². The third kappa shape index (κ3) is 3.52. The summed E-state index contributed by atoms with van der Waals surface area (Å²) in [5.41, 5.74) is 0.493. The number of methoxy groups -OCH3 is 2. The maximum atomic E-state index is 13.2. The number of nitrogens with zero attached hydrogens (tertiary/aromatic N) is 1. The first-order valence-corrected chi connectivity index (χ1v) is 8.38. The maximum absolute atomic E-state index is 13.2. The molecule has 0 radical (unpaired) electrons. The van der Waals surface area contributed by atoms with E-state index in [1.807, 2.05) is 0 Å². The first-order chi connectivity index (χ1) is 13.3. The minimum absolute atomic E-state index is 0.111. The Kier molecular flexibility index (Phi) is 5.27. The largest absolute Gasteiger partial charge is 0.502 e. The molecule has 1 aliphatic heterocycles. The quantitative estimate of drug-likeness (QED) is 0.464. The molecular formula is C19H15FN2O5S. The fourth-order valence-corrected chi connectivity index (χ4v) is 2.93. The first kappa shape index (κ1) is 19.3. The summed E-state index contributed by atoms with van der Waals surface area (Å²) in [4.78, 5) is 26.3. The zero-order valence-corrected chi connectivity index (χ0v) is 15.7. The molecule has 1 fully saturated rings. The highest BCUT2D eigenvalue weighted by Crippen LogP contribution is 2.38. The van der Waals surface area contributed by atoms with Gasteiger partial charge in [0, 0.05) is 0 Å². The van der Waals surface area contributed by atoms with Gasteiger partial charge >= 0.3 is 0 Å². The van der Waals surface area contributed by atoms with E-state index < -0.39 is 17.6 Å². The molecular weight excluding hydrogens is 387 g/mol. The summed E-state index contributed by atoms with van der Waals surface area (Å²) >= 11 is 5.09.